The molecule has 0 unspecified atom stereocenters. The van der Waals surface area contributed by atoms with Gasteiger partial charge in [-0.05, 0) is 35.4 Å². The van der Waals surface area contributed by atoms with Crippen LogP contribution in [0.15, 0.2) is 65.5 Å². The zero-order valence-electron chi connectivity index (χ0n) is 12.5. The van der Waals surface area contributed by atoms with Crippen molar-refractivity contribution >= 4 is 33.4 Å². The number of aryl methyl sites for hydroxylation is 1. The summed E-state index contributed by atoms with van der Waals surface area (Å²) in [6.45, 7) is 0. The van der Waals surface area contributed by atoms with Crippen LogP contribution >= 0.6 is 11.6 Å². The Bertz CT molecular complexity index is 1100. The average molecular weight is 321 g/mol. The van der Waals surface area contributed by atoms with Crippen molar-refractivity contribution in [2.45, 2.75) is 0 Å². The van der Waals surface area contributed by atoms with Crippen molar-refractivity contribution in [1.29, 1.82) is 0 Å². The molecule has 4 rings (SSSR count). The van der Waals surface area contributed by atoms with E-state index in [9.17, 15) is 4.79 Å². The number of halogens is 1. The monoisotopic (exact) mass is 320 g/mol. The highest BCUT2D eigenvalue weighted by molar-refractivity contribution is 6.30. The molecular formula is C19H13ClN2O. The summed E-state index contributed by atoms with van der Waals surface area (Å²) in [5.74, 6) is 0. The lowest BCUT2D eigenvalue weighted by Gasteiger charge is -2.12. The zero-order valence-corrected chi connectivity index (χ0v) is 13.2. The predicted molar refractivity (Wildman–Crippen MR) is 94.9 cm³/mol. The molecule has 0 saturated heterocycles. The van der Waals surface area contributed by atoms with Crippen LogP contribution in [0.2, 0.25) is 5.15 Å². The molecule has 4 heteroatoms. The lowest BCUT2D eigenvalue weighted by Crippen LogP contribution is -2.15. The second-order valence-electron chi connectivity index (χ2n) is 5.49. The lowest BCUT2D eigenvalue weighted by molar-refractivity contribution is 0.908. The summed E-state index contributed by atoms with van der Waals surface area (Å²) >= 11 is 6.11. The molecule has 0 fully saturated rings. The summed E-state index contributed by atoms with van der Waals surface area (Å²) in [6, 6.07) is 19.4. The van der Waals surface area contributed by atoms with Gasteiger partial charge in [-0.3, -0.25) is 4.79 Å². The van der Waals surface area contributed by atoms with Crippen molar-refractivity contribution < 1.29 is 0 Å². The molecule has 23 heavy (non-hydrogen) atoms. The van der Waals surface area contributed by atoms with Crippen LogP contribution in [0, 0.1) is 0 Å². The molecule has 0 N–H and O–H groups in total. The fourth-order valence-corrected chi connectivity index (χ4v) is 3.14. The summed E-state index contributed by atoms with van der Waals surface area (Å²) < 4.78 is 1.62. The molecule has 112 valence electrons. The minimum absolute atomic E-state index is 0.0620. The number of fused-ring (bicyclic) bond motifs is 3. The van der Waals surface area contributed by atoms with E-state index in [4.69, 9.17) is 11.6 Å². The molecule has 0 amide bonds. The Hall–Kier alpha value is -2.65. The average Bonchev–Trinajstić information content (AvgIpc) is 2.58. The summed E-state index contributed by atoms with van der Waals surface area (Å²) in [5.41, 5.74) is 3.67. The maximum Gasteiger partial charge on any atom is 0.250 e. The number of rotatable bonds is 1. The van der Waals surface area contributed by atoms with E-state index in [0.717, 1.165) is 32.9 Å². The van der Waals surface area contributed by atoms with Crippen LogP contribution in [-0.4, -0.2) is 9.55 Å². The van der Waals surface area contributed by atoms with Gasteiger partial charge in [-0.1, -0.05) is 41.9 Å². The number of hydrogen-bond donors (Lipinski definition) is 0. The molecule has 4 aromatic rings. The second kappa shape index (κ2) is 5.21. The van der Waals surface area contributed by atoms with Crippen LogP contribution in [0.4, 0.5) is 0 Å². The van der Waals surface area contributed by atoms with E-state index in [2.05, 4.69) is 23.2 Å². The summed E-state index contributed by atoms with van der Waals surface area (Å²) in [4.78, 5) is 16.5. The number of nitrogens with zero attached hydrogens (tertiary/aromatic N) is 2. The SMILES string of the molecule is Cn1c(=O)ccc2cc(-c3ccccc3)c3ccc(Cl)nc3c21. The normalized spacial score (nSPS) is 11.2. The molecule has 2 aromatic carbocycles. The topological polar surface area (TPSA) is 34.9 Å². The summed E-state index contributed by atoms with van der Waals surface area (Å²) in [6.07, 6.45) is 0. The Morgan fingerprint density at radius 1 is 1.00 bits per heavy atom. The molecule has 3 nitrogen and oxygen atoms in total. The largest absolute Gasteiger partial charge is 0.309 e. The van der Waals surface area contributed by atoms with Crippen molar-refractivity contribution in [3.63, 3.8) is 0 Å². The first-order valence-electron chi connectivity index (χ1n) is 7.29. The third-order valence-electron chi connectivity index (χ3n) is 4.11. The summed E-state index contributed by atoms with van der Waals surface area (Å²) in [7, 11) is 1.76. The van der Waals surface area contributed by atoms with Gasteiger partial charge in [0.2, 0.25) is 0 Å². The molecule has 0 aliphatic heterocycles. The molecule has 0 aliphatic carbocycles. The number of hydrogen-bond acceptors (Lipinski definition) is 2. The molecule has 0 aliphatic rings. The Morgan fingerprint density at radius 2 is 1.78 bits per heavy atom. The van der Waals surface area contributed by atoms with Crippen LogP contribution in [0.25, 0.3) is 32.9 Å². The number of aromatic nitrogens is 2. The smallest absolute Gasteiger partial charge is 0.250 e. The first-order valence-corrected chi connectivity index (χ1v) is 7.67. The highest BCUT2D eigenvalue weighted by Gasteiger charge is 2.12. The standard InChI is InChI=1S/C19H13ClN2O/c1-22-17(23)10-7-13-11-15(12-5-3-2-4-6-12)14-8-9-16(20)21-18(14)19(13)22/h2-11H,1H3. The molecule has 2 heterocycles. The minimum Gasteiger partial charge on any atom is -0.309 e. The highest BCUT2D eigenvalue weighted by Crippen LogP contribution is 2.33. The third kappa shape index (κ3) is 2.21. The van der Waals surface area contributed by atoms with Gasteiger partial charge in [0, 0.05) is 23.9 Å². The zero-order chi connectivity index (χ0) is 16.0. The van der Waals surface area contributed by atoms with Crippen molar-refractivity contribution in [2.75, 3.05) is 0 Å². The lowest BCUT2D eigenvalue weighted by atomic mass is 9.98. The van der Waals surface area contributed by atoms with Gasteiger partial charge in [-0.25, -0.2) is 4.98 Å². The van der Waals surface area contributed by atoms with Gasteiger partial charge in [0.1, 0.15) is 5.15 Å². The van der Waals surface area contributed by atoms with E-state index in [1.54, 1.807) is 23.7 Å². The predicted octanol–water partition coefficient (Wildman–Crippen LogP) is 4.41. The molecule has 0 spiro atoms. The van der Waals surface area contributed by atoms with Crippen LogP contribution in [-0.2, 0) is 7.05 Å². The van der Waals surface area contributed by atoms with Gasteiger partial charge in [0.15, 0.2) is 0 Å². The number of benzene rings is 2. The molecular weight excluding hydrogens is 308 g/mol. The van der Waals surface area contributed by atoms with E-state index in [1.165, 1.54) is 0 Å². The van der Waals surface area contributed by atoms with E-state index >= 15 is 0 Å². The molecule has 0 atom stereocenters. The van der Waals surface area contributed by atoms with Gasteiger partial charge in [0.05, 0.1) is 11.0 Å². The Balaban J connectivity index is 2.25. The summed E-state index contributed by atoms with van der Waals surface area (Å²) in [5, 5.41) is 2.36. The second-order valence-corrected chi connectivity index (χ2v) is 5.88. The van der Waals surface area contributed by atoms with Crippen molar-refractivity contribution in [3.8, 4) is 11.1 Å². The fourth-order valence-electron chi connectivity index (χ4n) is 2.99. The van der Waals surface area contributed by atoms with Crippen molar-refractivity contribution in [3.05, 3.63) is 76.2 Å². The molecule has 0 radical (unpaired) electrons. The fraction of sp³-hybridized carbons (Fsp3) is 0.0526. The molecule has 0 bridgehead atoms. The maximum absolute atomic E-state index is 12.0. The quantitative estimate of drug-likeness (QED) is 0.385. The van der Waals surface area contributed by atoms with E-state index in [-0.39, 0.29) is 5.56 Å². The van der Waals surface area contributed by atoms with Gasteiger partial charge in [-0.2, -0.15) is 0 Å². The Labute approximate surface area is 137 Å². The van der Waals surface area contributed by atoms with Gasteiger partial charge >= 0.3 is 0 Å². The van der Waals surface area contributed by atoms with Gasteiger partial charge < -0.3 is 4.57 Å². The first kappa shape index (κ1) is 14.0. The minimum atomic E-state index is -0.0620. The molecule has 2 aromatic heterocycles. The Morgan fingerprint density at radius 3 is 2.57 bits per heavy atom. The van der Waals surface area contributed by atoms with Gasteiger partial charge in [-0.15, -0.1) is 0 Å². The van der Waals surface area contributed by atoms with E-state index in [0.29, 0.717) is 5.15 Å². The van der Waals surface area contributed by atoms with E-state index in [1.807, 2.05) is 30.3 Å². The van der Waals surface area contributed by atoms with Crippen LogP contribution < -0.4 is 5.56 Å². The highest BCUT2D eigenvalue weighted by atomic mass is 35.5. The third-order valence-corrected chi connectivity index (χ3v) is 4.32. The van der Waals surface area contributed by atoms with E-state index < -0.39 is 0 Å². The van der Waals surface area contributed by atoms with Crippen LogP contribution in [0.5, 0.6) is 0 Å². The van der Waals surface area contributed by atoms with Crippen molar-refractivity contribution in [2.24, 2.45) is 7.05 Å². The molecule has 0 saturated carbocycles. The number of pyridine rings is 2. The maximum atomic E-state index is 12.0. The van der Waals surface area contributed by atoms with Gasteiger partial charge in [0.25, 0.3) is 5.56 Å². The Kier molecular flexibility index (Phi) is 3.17. The first-order chi connectivity index (χ1) is 11.1. The van der Waals surface area contributed by atoms with Crippen molar-refractivity contribution in [1.82, 2.24) is 9.55 Å². The van der Waals surface area contributed by atoms with Crippen LogP contribution in [0.3, 0.4) is 0 Å². The van der Waals surface area contributed by atoms with Crippen LogP contribution in [0.1, 0.15) is 0 Å².